The molecule has 2 rings (SSSR count). The lowest BCUT2D eigenvalue weighted by Crippen LogP contribution is -2.05. The van der Waals surface area contributed by atoms with Gasteiger partial charge in [0.2, 0.25) is 17.4 Å². The lowest BCUT2D eigenvalue weighted by atomic mass is 9.98. The molecule has 0 saturated carbocycles. The molecular formula is C19H24N4O4. The zero-order chi connectivity index (χ0) is 20.1. The van der Waals surface area contributed by atoms with Gasteiger partial charge in [-0.1, -0.05) is 11.8 Å². The Morgan fingerprint density at radius 1 is 0.926 bits per heavy atom. The van der Waals surface area contributed by atoms with Gasteiger partial charge in [-0.2, -0.15) is 4.98 Å². The van der Waals surface area contributed by atoms with Crippen LogP contribution in [0, 0.1) is 18.8 Å². The summed E-state index contributed by atoms with van der Waals surface area (Å²) in [6.45, 7) is 3.71. The highest BCUT2D eigenvalue weighted by atomic mass is 16.5. The maximum atomic E-state index is 5.92. The van der Waals surface area contributed by atoms with E-state index in [9.17, 15) is 0 Å². The molecule has 0 spiro atoms. The monoisotopic (exact) mass is 372 g/mol. The number of aromatic nitrogens is 2. The molecule has 1 unspecified atom stereocenters. The quantitative estimate of drug-likeness (QED) is 0.767. The predicted octanol–water partition coefficient (Wildman–Crippen LogP) is 2.14. The van der Waals surface area contributed by atoms with Crippen molar-refractivity contribution in [3.8, 4) is 34.8 Å². The van der Waals surface area contributed by atoms with Crippen LogP contribution in [0.2, 0.25) is 0 Å². The lowest BCUT2D eigenvalue weighted by molar-refractivity contribution is 0.303. The lowest BCUT2D eigenvalue weighted by Gasteiger charge is -2.19. The van der Waals surface area contributed by atoms with E-state index in [1.165, 1.54) is 14.2 Å². The Morgan fingerprint density at radius 3 is 2.07 bits per heavy atom. The van der Waals surface area contributed by atoms with E-state index in [1.807, 2.05) is 13.0 Å². The van der Waals surface area contributed by atoms with Gasteiger partial charge >= 0.3 is 0 Å². The van der Waals surface area contributed by atoms with Crippen LogP contribution in [0.15, 0.2) is 6.07 Å². The van der Waals surface area contributed by atoms with E-state index in [0.717, 1.165) is 5.56 Å². The smallest absolute Gasteiger partial charge is 0.222 e. The minimum Gasteiger partial charge on any atom is -0.493 e. The number of hydrogen-bond donors (Lipinski definition) is 2. The number of rotatable bonds is 5. The van der Waals surface area contributed by atoms with E-state index in [-0.39, 0.29) is 17.7 Å². The Hall–Kier alpha value is -3.34. The number of ether oxygens (including phenoxy) is 4. The summed E-state index contributed by atoms with van der Waals surface area (Å²) >= 11 is 0. The van der Waals surface area contributed by atoms with E-state index in [2.05, 4.69) is 21.8 Å². The van der Waals surface area contributed by atoms with Crippen molar-refractivity contribution in [2.45, 2.75) is 19.8 Å². The molecule has 0 aliphatic carbocycles. The second-order valence-corrected chi connectivity index (χ2v) is 5.69. The number of benzene rings is 1. The molecule has 0 aliphatic heterocycles. The van der Waals surface area contributed by atoms with E-state index < -0.39 is 0 Å². The number of hydrogen-bond acceptors (Lipinski definition) is 8. The van der Waals surface area contributed by atoms with Gasteiger partial charge in [0.25, 0.3) is 0 Å². The van der Waals surface area contributed by atoms with Gasteiger partial charge in [0, 0.05) is 11.5 Å². The first-order valence-corrected chi connectivity index (χ1v) is 8.15. The molecule has 0 amide bonds. The van der Waals surface area contributed by atoms with Crippen molar-refractivity contribution in [3.63, 3.8) is 0 Å². The third kappa shape index (κ3) is 3.92. The second-order valence-electron chi connectivity index (χ2n) is 5.69. The minimum absolute atomic E-state index is 0.120. The van der Waals surface area contributed by atoms with E-state index >= 15 is 0 Å². The number of nitrogens with zero attached hydrogens (tertiary/aromatic N) is 2. The van der Waals surface area contributed by atoms with Gasteiger partial charge in [-0.15, -0.1) is 0 Å². The second kappa shape index (κ2) is 8.36. The molecule has 0 saturated heterocycles. The SMILES string of the molecule is COc1cc(C(C)C#Cc2c(C)nc(N)nc2N)c(OC)c(OC)c1OC. The fourth-order valence-electron chi connectivity index (χ4n) is 2.71. The first-order valence-electron chi connectivity index (χ1n) is 8.15. The van der Waals surface area contributed by atoms with Crippen LogP contribution in [0.1, 0.15) is 29.7 Å². The molecule has 8 heteroatoms. The van der Waals surface area contributed by atoms with Crippen LogP contribution < -0.4 is 30.4 Å². The molecule has 0 bridgehead atoms. The van der Waals surface area contributed by atoms with Gasteiger partial charge in [0.15, 0.2) is 11.5 Å². The molecule has 2 aromatic rings. The third-order valence-corrected chi connectivity index (χ3v) is 4.03. The van der Waals surface area contributed by atoms with Gasteiger partial charge in [-0.25, -0.2) is 4.98 Å². The summed E-state index contributed by atoms with van der Waals surface area (Å²) in [7, 11) is 6.19. The molecule has 0 fully saturated rings. The van der Waals surface area contributed by atoms with Crippen LogP contribution in [-0.4, -0.2) is 38.4 Å². The molecule has 27 heavy (non-hydrogen) atoms. The van der Waals surface area contributed by atoms with Crippen molar-refractivity contribution >= 4 is 11.8 Å². The Kier molecular flexibility index (Phi) is 6.19. The first kappa shape index (κ1) is 20.0. The molecular weight excluding hydrogens is 348 g/mol. The zero-order valence-corrected chi connectivity index (χ0v) is 16.3. The van der Waals surface area contributed by atoms with Gasteiger partial charge in [0.05, 0.1) is 39.7 Å². The van der Waals surface area contributed by atoms with Crippen LogP contribution in [0.5, 0.6) is 23.0 Å². The van der Waals surface area contributed by atoms with Gasteiger partial charge in [0.1, 0.15) is 5.82 Å². The maximum absolute atomic E-state index is 5.92. The summed E-state index contributed by atoms with van der Waals surface area (Å²) in [4.78, 5) is 8.06. The number of aryl methyl sites for hydroxylation is 1. The number of methoxy groups -OCH3 is 4. The Morgan fingerprint density at radius 2 is 1.56 bits per heavy atom. The minimum atomic E-state index is -0.231. The summed E-state index contributed by atoms with van der Waals surface area (Å²) in [5.74, 6) is 8.25. The van der Waals surface area contributed by atoms with Crippen LogP contribution >= 0.6 is 0 Å². The standard InChI is InChI=1S/C19H24N4O4/c1-10(7-8-12-11(2)22-19(21)23-18(12)20)13-9-14(24-3)16(26-5)17(27-6)15(13)25-4/h9-10H,1-6H3,(H4,20,21,22,23). The highest BCUT2D eigenvalue weighted by molar-refractivity contribution is 5.65. The summed E-state index contributed by atoms with van der Waals surface area (Å²) < 4.78 is 21.8. The van der Waals surface area contributed by atoms with Gasteiger partial charge in [-0.3, -0.25) is 0 Å². The Labute approximate surface area is 158 Å². The van der Waals surface area contributed by atoms with Crippen LogP contribution in [0.4, 0.5) is 11.8 Å². The maximum Gasteiger partial charge on any atom is 0.222 e. The van der Waals surface area contributed by atoms with Crippen molar-refractivity contribution in [3.05, 3.63) is 22.9 Å². The third-order valence-electron chi connectivity index (χ3n) is 4.03. The largest absolute Gasteiger partial charge is 0.493 e. The van der Waals surface area contributed by atoms with Gasteiger partial charge in [-0.05, 0) is 19.9 Å². The van der Waals surface area contributed by atoms with Crippen molar-refractivity contribution in [1.82, 2.24) is 9.97 Å². The van der Waals surface area contributed by atoms with Crippen molar-refractivity contribution in [2.24, 2.45) is 0 Å². The highest BCUT2D eigenvalue weighted by Gasteiger charge is 2.23. The zero-order valence-electron chi connectivity index (χ0n) is 16.3. The fourth-order valence-corrected chi connectivity index (χ4v) is 2.71. The normalized spacial score (nSPS) is 11.2. The van der Waals surface area contributed by atoms with E-state index in [4.69, 9.17) is 30.4 Å². The molecule has 1 aromatic heterocycles. The highest BCUT2D eigenvalue weighted by Crippen LogP contribution is 2.48. The molecule has 144 valence electrons. The van der Waals surface area contributed by atoms with Crippen LogP contribution in [0.25, 0.3) is 0 Å². The topological polar surface area (TPSA) is 115 Å². The summed E-state index contributed by atoms with van der Waals surface area (Å²) in [5.41, 5.74) is 13.5. The predicted molar refractivity (Wildman–Crippen MR) is 104 cm³/mol. The summed E-state index contributed by atoms with van der Waals surface area (Å²) in [5, 5.41) is 0. The fraction of sp³-hybridized carbons (Fsp3) is 0.368. The summed E-state index contributed by atoms with van der Waals surface area (Å²) in [6, 6.07) is 1.81. The summed E-state index contributed by atoms with van der Waals surface area (Å²) in [6.07, 6.45) is 0. The van der Waals surface area contributed by atoms with E-state index in [1.54, 1.807) is 21.1 Å². The molecule has 1 heterocycles. The number of nitrogen functional groups attached to an aromatic ring is 2. The molecule has 0 aliphatic rings. The van der Waals surface area contributed by atoms with Crippen molar-refractivity contribution in [2.75, 3.05) is 39.9 Å². The Balaban J connectivity index is 2.56. The number of anilines is 2. The molecule has 0 radical (unpaired) electrons. The molecule has 8 nitrogen and oxygen atoms in total. The van der Waals surface area contributed by atoms with Crippen LogP contribution in [-0.2, 0) is 0 Å². The average Bonchev–Trinajstić information content (AvgIpc) is 2.64. The van der Waals surface area contributed by atoms with Gasteiger partial charge < -0.3 is 30.4 Å². The Bertz CT molecular complexity index is 880. The van der Waals surface area contributed by atoms with E-state index in [0.29, 0.717) is 34.3 Å². The van der Waals surface area contributed by atoms with Crippen LogP contribution in [0.3, 0.4) is 0 Å². The molecule has 1 aromatic carbocycles. The van der Waals surface area contributed by atoms with Crippen molar-refractivity contribution in [1.29, 1.82) is 0 Å². The van der Waals surface area contributed by atoms with Crippen molar-refractivity contribution < 1.29 is 18.9 Å². The molecule has 1 atom stereocenters. The number of nitrogens with two attached hydrogens (primary N) is 2. The average molecular weight is 372 g/mol. The first-order chi connectivity index (χ1) is 12.9. The molecule has 4 N–H and O–H groups in total.